The van der Waals surface area contributed by atoms with E-state index in [1.165, 1.54) is 0 Å². The largest absolute Gasteiger partial charge is 0.493 e. The van der Waals surface area contributed by atoms with Gasteiger partial charge < -0.3 is 10.1 Å². The van der Waals surface area contributed by atoms with E-state index in [9.17, 15) is 4.21 Å². The van der Waals surface area contributed by atoms with E-state index in [1.54, 1.807) is 12.4 Å². The molecule has 0 amide bonds. The second-order valence-corrected chi connectivity index (χ2v) is 2.53. The normalized spacial score (nSPS) is 12.9. The number of aromatic nitrogens is 2. The van der Waals surface area contributed by atoms with Crippen molar-refractivity contribution in [2.75, 3.05) is 0 Å². The van der Waals surface area contributed by atoms with Crippen LogP contribution < -0.4 is 0 Å². The Kier molecular flexibility index (Phi) is 2.47. The average Bonchev–Trinajstić information content (AvgIpc) is 2.40. The Balaban J connectivity index is 2.47. The van der Waals surface area contributed by atoms with Gasteiger partial charge in [0, 0.05) is 16.6 Å². The maximum atomic E-state index is 9.98. The van der Waals surface area contributed by atoms with Crippen LogP contribution in [0, 0.1) is 0 Å². The highest BCUT2D eigenvalue weighted by atomic mass is 32.1. The van der Waals surface area contributed by atoms with Gasteiger partial charge in [0.25, 0.3) is 0 Å². The molecule has 5 heteroatoms. The molecule has 4 nitrogen and oxygen atoms in total. The molecule has 0 aromatic carbocycles. The Morgan fingerprint density at radius 3 is 3.20 bits per heavy atom. The summed E-state index contributed by atoms with van der Waals surface area (Å²) >= 11 is 0.169. The highest BCUT2D eigenvalue weighted by Gasteiger charge is 2.18. The van der Waals surface area contributed by atoms with Crippen LogP contribution in [-0.4, -0.2) is 20.5 Å². The molecule has 0 aliphatic rings. The molecular formula is C5H7N2O2S+. The third-order valence-electron chi connectivity index (χ3n) is 1.03. The van der Waals surface area contributed by atoms with E-state index in [-0.39, 0.29) is 18.1 Å². The van der Waals surface area contributed by atoms with Crippen molar-refractivity contribution in [3.8, 4) is 0 Å². The van der Waals surface area contributed by atoms with Gasteiger partial charge in [0.1, 0.15) is 5.82 Å². The van der Waals surface area contributed by atoms with Crippen molar-refractivity contribution in [3.05, 3.63) is 18.2 Å². The van der Waals surface area contributed by atoms with Crippen molar-refractivity contribution in [3.63, 3.8) is 0 Å². The van der Waals surface area contributed by atoms with Crippen molar-refractivity contribution < 1.29 is 9.32 Å². The maximum Gasteiger partial charge on any atom is 0.493 e. The summed E-state index contributed by atoms with van der Waals surface area (Å²) in [4.78, 5) is 6.62. The molecule has 0 spiro atoms. The van der Waals surface area contributed by atoms with Gasteiger partial charge >= 0.3 is 17.1 Å². The Labute approximate surface area is 61.8 Å². The second-order valence-electron chi connectivity index (χ2n) is 1.79. The molecule has 0 saturated carbocycles. The van der Waals surface area contributed by atoms with Crippen LogP contribution in [0.15, 0.2) is 12.4 Å². The van der Waals surface area contributed by atoms with E-state index in [1.807, 2.05) is 0 Å². The molecule has 0 saturated heterocycles. The molecule has 0 bridgehead atoms. The standard InChI is InChI=1S/C5H7N2O2S/c8-5(10-9)3-4-6-1-2-7-4/h1-2,5,8H,3H2,(H,6,7)/q+1. The summed E-state index contributed by atoms with van der Waals surface area (Å²) in [5.74, 6) is 0.635. The fourth-order valence-corrected chi connectivity index (χ4v) is 0.835. The Morgan fingerprint density at radius 2 is 2.70 bits per heavy atom. The number of aliphatic hydroxyl groups excluding tert-OH is 1. The number of hydrogen-bond donors (Lipinski definition) is 2. The number of aromatic amines is 1. The van der Waals surface area contributed by atoms with Crippen LogP contribution in [0.3, 0.4) is 0 Å². The molecule has 10 heavy (non-hydrogen) atoms. The second kappa shape index (κ2) is 3.38. The number of H-pyrrole nitrogens is 1. The smallest absolute Gasteiger partial charge is 0.348 e. The summed E-state index contributed by atoms with van der Waals surface area (Å²) in [7, 11) is 0. The molecule has 1 aromatic heterocycles. The van der Waals surface area contributed by atoms with E-state index in [0.29, 0.717) is 5.82 Å². The number of hydrogen-bond acceptors (Lipinski definition) is 3. The SMILES string of the molecule is O=[S+]C(O)Cc1ncc[nH]1. The molecule has 0 aliphatic heterocycles. The number of rotatable bonds is 3. The van der Waals surface area contributed by atoms with E-state index in [2.05, 4.69) is 9.97 Å². The lowest BCUT2D eigenvalue weighted by Gasteiger charge is -1.86. The highest BCUT2D eigenvalue weighted by Crippen LogP contribution is 1.94. The van der Waals surface area contributed by atoms with Gasteiger partial charge in [-0.15, -0.1) is 0 Å². The summed E-state index contributed by atoms with van der Waals surface area (Å²) in [5, 5.41) is 8.82. The lowest BCUT2D eigenvalue weighted by Crippen LogP contribution is -2.08. The third-order valence-corrected chi connectivity index (χ3v) is 1.42. The number of nitrogens with zero attached hydrogens (tertiary/aromatic N) is 1. The monoisotopic (exact) mass is 159 g/mol. The van der Waals surface area contributed by atoms with E-state index in [4.69, 9.17) is 5.11 Å². The zero-order chi connectivity index (χ0) is 7.40. The summed E-state index contributed by atoms with van der Waals surface area (Å²) < 4.78 is 9.98. The summed E-state index contributed by atoms with van der Waals surface area (Å²) in [6.45, 7) is 0. The molecule has 1 unspecified atom stereocenters. The maximum absolute atomic E-state index is 9.98. The molecule has 1 heterocycles. The lowest BCUT2D eigenvalue weighted by molar-refractivity contribution is 0.256. The van der Waals surface area contributed by atoms with Crippen LogP contribution in [0.1, 0.15) is 5.82 Å². The van der Waals surface area contributed by atoms with E-state index in [0.717, 1.165) is 0 Å². The number of aliphatic hydroxyl groups is 1. The molecule has 0 aliphatic carbocycles. The fourth-order valence-electron chi connectivity index (χ4n) is 0.609. The summed E-state index contributed by atoms with van der Waals surface area (Å²) in [6, 6.07) is 0. The first-order valence-corrected chi connectivity index (χ1v) is 3.58. The van der Waals surface area contributed by atoms with Gasteiger partial charge in [0.15, 0.2) is 0 Å². The van der Waals surface area contributed by atoms with Crippen LogP contribution in [0.2, 0.25) is 0 Å². The molecule has 1 aromatic rings. The fraction of sp³-hybridized carbons (Fsp3) is 0.400. The molecule has 1 rings (SSSR count). The van der Waals surface area contributed by atoms with Crippen molar-refractivity contribution in [2.24, 2.45) is 0 Å². The first-order valence-electron chi connectivity index (χ1n) is 2.78. The third kappa shape index (κ3) is 1.85. The van der Waals surface area contributed by atoms with Crippen LogP contribution >= 0.6 is 0 Å². The van der Waals surface area contributed by atoms with Gasteiger partial charge in [-0.1, -0.05) is 0 Å². The number of nitrogens with one attached hydrogen (secondary N) is 1. The minimum Gasteiger partial charge on any atom is -0.348 e. The first-order chi connectivity index (χ1) is 4.83. The zero-order valence-electron chi connectivity index (χ0n) is 5.15. The minimum atomic E-state index is -0.897. The van der Waals surface area contributed by atoms with Gasteiger partial charge in [-0.25, -0.2) is 4.98 Å². The van der Waals surface area contributed by atoms with Gasteiger partial charge in [-0.2, -0.15) is 0 Å². The summed E-state index contributed by atoms with van der Waals surface area (Å²) in [5.41, 5.74) is -0.897. The zero-order valence-corrected chi connectivity index (χ0v) is 5.97. The van der Waals surface area contributed by atoms with Crippen LogP contribution in [-0.2, 0) is 22.3 Å². The van der Waals surface area contributed by atoms with E-state index >= 15 is 0 Å². The molecule has 1 atom stereocenters. The van der Waals surface area contributed by atoms with Gasteiger partial charge in [0.2, 0.25) is 0 Å². The molecule has 0 fully saturated rings. The van der Waals surface area contributed by atoms with Crippen LogP contribution in [0.5, 0.6) is 0 Å². The highest BCUT2D eigenvalue weighted by molar-refractivity contribution is 7.66. The lowest BCUT2D eigenvalue weighted by atomic mass is 10.4. The van der Waals surface area contributed by atoms with Crippen molar-refractivity contribution in [2.45, 2.75) is 11.9 Å². The van der Waals surface area contributed by atoms with Crippen molar-refractivity contribution in [1.82, 2.24) is 9.97 Å². The Morgan fingerprint density at radius 1 is 1.90 bits per heavy atom. The van der Waals surface area contributed by atoms with Crippen molar-refractivity contribution >= 4 is 11.7 Å². The molecular weight excluding hydrogens is 152 g/mol. The summed E-state index contributed by atoms with van der Waals surface area (Å²) in [6.07, 6.45) is 3.51. The Hall–Kier alpha value is -0.810. The molecule has 54 valence electrons. The molecule has 0 radical (unpaired) electrons. The van der Waals surface area contributed by atoms with Crippen LogP contribution in [0.25, 0.3) is 0 Å². The predicted molar refractivity (Wildman–Crippen MR) is 36.4 cm³/mol. The number of imidazole rings is 1. The van der Waals surface area contributed by atoms with Gasteiger partial charge in [-0.3, -0.25) is 0 Å². The molecule has 2 N–H and O–H groups in total. The Bertz CT molecular complexity index is 199. The minimum absolute atomic E-state index is 0.169. The van der Waals surface area contributed by atoms with E-state index < -0.39 is 5.44 Å². The topological polar surface area (TPSA) is 66.0 Å². The predicted octanol–water partition coefficient (Wildman–Crippen LogP) is -0.301. The van der Waals surface area contributed by atoms with Crippen molar-refractivity contribution in [1.29, 1.82) is 0 Å². The van der Waals surface area contributed by atoms with Gasteiger partial charge in [0.05, 0.1) is 6.42 Å². The van der Waals surface area contributed by atoms with Crippen LogP contribution in [0.4, 0.5) is 0 Å². The van der Waals surface area contributed by atoms with Gasteiger partial charge in [-0.05, 0) is 0 Å². The quantitative estimate of drug-likeness (QED) is 0.470. The average molecular weight is 159 g/mol. The first kappa shape index (κ1) is 7.30.